The summed E-state index contributed by atoms with van der Waals surface area (Å²) in [6.45, 7) is 1.09. The minimum absolute atomic E-state index is 0.225. The summed E-state index contributed by atoms with van der Waals surface area (Å²) in [6, 6.07) is 11.7. The van der Waals surface area contributed by atoms with Gasteiger partial charge in [-0.25, -0.2) is 0 Å². The van der Waals surface area contributed by atoms with Crippen LogP contribution in [-0.4, -0.2) is 43.1 Å². The number of benzene rings is 1. The van der Waals surface area contributed by atoms with E-state index in [0.717, 1.165) is 22.4 Å². The molecule has 4 nitrogen and oxygen atoms in total. The summed E-state index contributed by atoms with van der Waals surface area (Å²) in [5.74, 6) is -0.663. The summed E-state index contributed by atoms with van der Waals surface area (Å²) in [4.78, 5) is 19.2. The zero-order valence-electron chi connectivity index (χ0n) is 13.4. The van der Waals surface area contributed by atoms with Gasteiger partial charge in [-0.3, -0.25) is 9.78 Å². The molecule has 0 unspecified atom stereocenters. The fourth-order valence-corrected chi connectivity index (χ4v) is 2.74. The van der Waals surface area contributed by atoms with Crippen molar-refractivity contribution in [3.8, 4) is 0 Å². The lowest BCUT2D eigenvalue weighted by Crippen LogP contribution is -2.24. The van der Waals surface area contributed by atoms with Crippen LogP contribution in [0, 0.1) is 0 Å². The number of nitrogens with zero attached hydrogens (tertiary/aromatic N) is 2. The Balaban J connectivity index is 1.97. The predicted octanol–water partition coefficient (Wildman–Crippen LogP) is 2.80. The molecular weight excluding hydrogens is 288 g/mol. The molecular formula is C19H20N2O2. The van der Waals surface area contributed by atoms with Crippen LogP contribution < -0.4 is 0 Å². The molecule has 0 aliphatic heterocycles. The lowest BCUT2D eigenvalue weighted by molar-refractivity contribution is -0.144. The maximum Gasteiger partial charge on any atom is 0.318 e. The number of fused-ring (bicyclic) bond motifs is 2. The highest BCUT2D eigenvalue weighted by atomic mass is 16.5. The van der Waals surface area contributed by atoms with Gasteiger partial charge in [0.2, 0.25) is 0 Å². The SMILES string of the molecule is CN(C)CCOC(=O)[C@@H]1c2ccccc2C=Cc2ncccc21. The Hall–Kier alpha value is -2.46. The van der Waals surface area contributed by atoms with Crippen LogP contribution in [0.2, 0.25) is 0 Å². The molecule has 0 saturated heterocycles. The summed E-state index contributed by atoms with van der Waals surface area (Å²) < 4.78 is 5.53. The van der Waals surface area contributed by atoms with Crippen molar-refractivity contribution >= 4 is 18.1 Å². The van der Waals surface area contributed by atoms with Crippen LogP contribution in [0.4, 0.5) is 0 Å². The molecule has 1 aromatic heterocycles. The van der Waals surface area contributed by atoms with Crippen molar-refractivity contribution in [1.29, 1.82) is 0 Å². The van der Waals surface area contributed by atoms with Crippen LogP contribution in [0.5, 0.6) is 0 Å². The number of likely N-dealkylation sites (N-methyl/N-ethyl adjacent to an activating group) is 1. The number of carbonyl (C=O) groups is 1. The van der Waals surface area contributed by atoms with Gasteiger partial charge in [-0.1, -0.05) is 36.4 Å². The minimum atomic E-state index is -0.438. The second-order valence-corrected chi connectivity index (χ2v) is 5.84. The third-order valence-electron chi connectivity index (χ3n) is 3.93. The Labute approximate surface area is 136 Å². The van der Waals surface area contributed by atoms with Gasteiger partial charge >= 0.3 is 5.97 Å². The van der Waals surface area contributed by atoms with Crippen molar-refractivity contribution in [2.45, 2.75) is 5.92 Å². The monoisotopic (exact) mass is 308 g/mol. The smallest absolute Gasteiger partial charge is 0.318 e. The number of pyridine rings is 1. The highest BCUT2D eigenvalue weighted by molar-refractivity contribution is 5.88. The maximum atomic E-state index is 12.8. The number of esters is 1. The van der Waals surface area contributed by atoms with Gasteiger partial charge in [-0.05, 0) is 42.9 Å². The van der Waals surface area contributed by atoms with Gasteiger partial charge in [0.1, 0.15) is 12.5 Å². The summed E-state index contributed by atoms with van der Waals surface area (Å²) in [5.41, 5.74) is 3.70. The molecule has 0 amide bonds. The van der Waals surface area contributed by atoms with Gasteiger partial charge in [0, 0.05) is 12.7 Å². The average molecular weight is 308 g/mol. The fourth-order valence-electron chi connectivity index (χ4n) is 2.74. The Morgan fingerprint density at radius 3 is 2.74 bits per heavy atom. The van der Waals surface area contributed by atoms with Crippen LogP contribution in [0.15, 0.2) is 42.6 Å². The van der Waals surface area contributed by atoms with E-state index >= 15 is 0 Å². The molecule has 0 N–H and O–H groups in total. The molecule has 3 rings (SSSR count). The predicted molar refractivity (Wildman–Crippen MR) is 91.0 cm³/mol. The quantitative estimate of drug-likeness (QED) is 0.815. The standard InChI is InChI=1S/C19H20N2O2/c1-21(2)12-13-23-19(22)18-15-7-4-3-6-14(15)9-10-17-16(18)8-5-11-20-17/h3-11,18H,12-13H2,1-2H3/t18-/m1/s1. The lowest BCUT2D eigenvalue weighted by atomic mass is 9.89. The van der Waals surface area contributed by atoms with Crippen LogP contribution in [0.25, 0.3) is 12.2 Å². The molecule has 0 saturated carbocycles. The number of ether oxygens (including phenoxy) is 1. The normalized spacial score (nSPS) is 15.7. The van der Waals surface area contributed by atoms with Gasteiger partial charge in [0.15, 0.2) is 0 Å². The zero-order valence-corrected chi connectivity index (χ0v) is 13.4. The number of hydrogen-bond acceptors (Lipinski definition) is 4. The molecule has 1 aromatic carbocycles. The van der Waals surface area contributed by atoms with E-state index in [4.69, 9.17) is 4.74 Å². The number of rotatable bonds is 4. The zero-order chi connectivity index (χ0) is 16.2. The highest BCUT2D eigenvalue weighted by Gasteiger charge is 2.29. The third kappa shape index (κ3) is 3.32. The van der Waals surface area contributed by atoms with Crippen LogP contribution >= 0.6 is 0 Å². The molecule has 0 radical (unpaired) electrons. The molecule has 1 aliphatic rings. The molecule has 0 bridgehead atoms. The van der Waals surface area contributed by atoms with Crippen molar-refractivity contribution < 1.29 is 9.53 Å². The second kappa shape index (κ2) is 6.75. The minimum Gasteiger partial charge on any atom is -0.464 e. The van der Waals surface area contributed by atoms with Crippen molar-refractivity contribution in [2.24, 2.45) is 0 Å². The second-order valence-electron chi connectivity index (χ2n) is 5.84. The van der Waals surface area contributed by atoms with E-state index in [1.165, 1.54) is 0 Å². The largest absolute Gasteiger partial charge is 0.464 e. The Bertz CT molecular complexity index is 688. The van der Waals surface area contributed by atoms with E-state index in [-0.39, 0.29) is 5.97 Å². The van der Waals surface area contributed by atoms with Gasteiger partial charge in [-0.15, -0.1) is 0 Å². The molecule has 1 heterocycles. The summed E-state index contributed by atoms with van der Waals surface area (Å²) in [6.07, 6.45) is 5.71. The van der Waals surface area contributed by atoms with Crippen molar-refractivity contribution in [2.75, 3.05) is 27.2 Å². The van der Waals surface area contributed by atoms with Crippen LogP contribution in [0.1, 0.15) is 28.3 Å². The molecule has 0 fully saturated rings. The Morgan fingerprint density at radius 2 is 1.91 bits per heavy atom. The fraction of sp³-hybridized carbons (Fsp3) is 0.263. The highest BCUT2D eigenvalue weighted by Crippen LogP contribution is 2.34. The molecule has 2 aromatic rings. The van der Waals surface area contributed by atoms with Crippen LogP contribution in [-0.2, 0) is 9.53 Å². The van der Waals surface area contributed by atoms with E-state index in [1.807, 2.05) is 67.5 Å². The molecule has 118 valence electrons. The first kappa shape index (κ1) is 15.4. The molecule has 0 spiro atoms. The average Bonchev–Trinajstić information content (AvgIpc) is 2.71. The first-order valence-corrected chi connectivity index (χ1v) is 7.70. The topological polar surface area (TPSA) is 42.4 Å². The first-order valence-electron chi connectivity index (χ1n) is 7.70. The number of hydrogen-bond donors (Lipinski definition) is 0. The van der Waals surface area contributed by atoms with Crippen molar-refractivity contribution in [1.82, 2.24) is 9.88 Å². The number of aromatic nitrogens is 1. The summed E-state index contributed by atoms with van der Waals surface area (Å²) >= 11 is 0. The van der Waals surface area contributed by atoms with E-state index in [0.29, 0.717) is 13.2 Å². The number of carbonyl (C=O) groups excluding carboxylic acids is 1. The molecule has 1 aliphatic carbocycles. The molecule has 1 atom stereocenters. The summed E-state index contributed by atoms with van der Waals surface area (Å²) in [7, 11) is 3.91. The molecule has 4 heteroatoms. The van der Waals surface area contributed by atoms with E-state index in [9.17, 15) is 4.79 Å². The van der Waals surface area contributed by atoms with E-state index in [2.05, 4.69) is 4.98 Å². The van der Waals surface area contributed by atoms with Gasteiger partial charge in [0.25, 0.3) is 0 Å². The van der Waals surface area contributed by atoms with Crippen molar-refractivity contribution in [3.05, 3.63) is 65.0 Å². The van der Waals surface area contributed by atoms with E-state index in [1.54, 1.807) is 6.20 Å². The van der Waals surface area contributed by atoms with Crippen molar-refractivity contribution in [3.63, 3.8) is 0 Å². The Kier molecular flexibility index (Phi) is 4.53. The summed E-state index contributed by atoms with van der Waals surface area (Å²) in [5, 5.41) is 0. The van der Waals surface area contributed by atoms with Gasteiger partial charge in [-0.2, -0.15) is 0 Å². The van der Waals surface area contributed by atoms with Crippen LogP contribution in [0.3, 0.4) is 0 Å². The molecule has 23 heavy (non-hydrogen) atoms. The third-order valence-corrected chi connectivity index (χ3v) is 3.93. The first-order chi connectivity index (χ1) is 11.2. The lowest BCUT2D eigenvalue weighted by Gasteiger charge is -2.19. The van der Waals surface area contributed by atoms with E-state index < -0.39 is 5.92 Å². The Morgan fingerprint density at radius 1 is 1.13 bits per heavy atom. The van der Waals surface area contributed by atoms with Gasteiger partial charge in [0.05, 0.1) is 5.69 Å². The maximum absolute atomic E-state index is 12.8. The van der Waals surface area contributed by atoms with Gasteiger partial charge < -0.3 is 9.64 Å².